The summed E-state index contributed by atoms with van der Waals surface area (Å²) in [6, 6.07) is 4.61. The van der Waals surface area contributed by atoms with Gasteiger partial charge in [0.05, 0.1) is 0 Å². The average Bonchev–Trinajstić information content (AvgIpc) is 3.06. The quantitative estimate of drug-likeness (QED) is 0.839. The molecule has 1 saturated carbocycles. The molecule has 2 fully saturated rings. The van der Waals surface area contributed by atoms with Crippen molar-refractivity contribution in [2.75, 3.05) is 13.1 Å². The molecular weight excluding hydrogens is 214 g/mol. The van der Waals surface area contributed by atoms with Crippen molar-refractivity contribution >= 4 is 5.91 Å². The van der Waals surface area contributed by atoms with E-state index in [1.807, 2.05) is 23.2 Å². The zero-order chi connectivity index (χ0) is 11.8. The number of amides is 1. The molecule has 92 valence electrons. The van der Waals surface area contributed by atoms with E-state index in [1.165, 1.54) is 12.8 Å². The van der Waals surface area contributed by atoms with E-state index in [0.29, 0.717) is 12.6 Å². The summed E-state index contributed by atoms with van der Waals surface area (Å²) in [5, 5.41) is 0. The van der Waals surface area contributed by atoms with Crippen LogP contribution in [0.15, 0.2) is 18.3 Å². The minimum absolute atomic E-state index is 0.150. The Balaban J connectivity index is 1.78. The van der Waals surface area contributed by atoms with E-state index < -0.39 is 0 Å². The molecule has 4 heteroatoms. The Bertz CT molecular complexity index is 422. The molecule has 2 heterocycles. The standard InChI is InChI=1S/C13H19N3O/c14-10-3-1-7-15(9-10)13(17)12-4-2-8-16(12)11-5-6-11/h2,4,8,10-11H,1,3,5-7,9,14H2/t10-/m1/s1. The van der Waals surface area contributed by atoms with Crippen LogP contribution in [0, 0.1) is 0 Å². The second-order valence-electron chi connectivity index (χ2n) is 5.19. The van der Waals surface area contributed by atoms with Crippen LogP contribution in [0.5, 0.6) is 0 Å². The average molecular weight is 233 g/mol. The lowest BCUT2D eigenvalue weighted by molar-refractivity contribution is 0.0697. The van der Waals surface area contributed by atoms with Gasteiger partial charge in [0, 0.05) is 31.4 Å². The van der Waals surface area contributed by atoms with Crippen molar-refractivity contribution in [1.82, 2.24) is 9.47 Å². The van der Waals surface area contributed by atoms with Gasteiger partial charge < -0.3 is 15.2 Å². The summed E-state index contributed by atoms with van der Waals surface area (Å²) in [7, 11) is 0. The van der Waals surface area contributed by atoms with Crippen molar-refractivity contribution < 1.29 is 4.79 Å². The van der Waals surface area contributed by atoms with E-state index in [-0.39, 0.29) is 11.9 Å². The fourth-order valence-electron chi connectivity index (χ4n) is 2.60. The van der Waals surface area contributed by atoms with Gasteiger partial charge in [-0.25, -0.2) is 0 Å². The van der Waals surface area contributed by atoms with Gasteiger partial charge >= 0.3 is 0 Å². The first kappa shape index (κ1) is 10.8. The molecule has 1 aliphatic carbocycles. The van der Waals surface area contributed by atoms with E-state index in [0.717, 1.165) is 25.1 Å². The van der Waals surface area contributed by atoms with Crippen molar-refractivity contribution in [3.63, 3.8) is 0 Å². The highest BCUT2D eigenvalue weighted by Gasteiger charge is 2.29. The summed E-state index contributed by atoms with van der Waals surface area (Å²) < 4.78 is 2.13. The van der Waals surface area contributed by atoms with Gasteiger partial charge in [0.15, 0.2) is 0 Å². The fourth-order valence-corrected chi connectivity index (χ4v) is 2.60. The third-order valence-electron chi connectivity index (χ3n) is 3.68. The van der Waals surface area contributed by atoms with Gasteiger partial charge in [0.25, 0.3) is 5.91 Å². The topological polar surface area (TPSA) is 51.3 Å². The first-order valence-electron chi connectivity index (χ1n) is 6.47. The molecule has 2 N–H and O–H groups in total. The molecule has 0 radical (unpaired) electrons. The zero-order valence-electron chi connectivity index (χ0n) is 10.0. The highest BCUT2D eigenvalue weighted by molar-refractivity contribution is 5.93. The van der Waals surface area contributed by atoms with E-state index in [4.69, 9.17) is 5.73 Å². The lowest BCUT2D eigenvalue weighted by Gasteiger charge is -2.31. The lowest BCUT2D eigenvalue weighted by Crippen LogP contribution is -2.46. The minimum Gasteiger partial charge on any atom is -0.340 e. The molecule has 0 aromatic carbocycles. The molecule has 1 aromatic heterocycles. The van der Waals surface area contributed by atoms with Crippen LogP contribution < -0.4 is 5.73 Å². The van der Waals surface area contributed by atoms with Crippen molar-refractivity contribution in [3.8, 4) is 0 Å². The van der Waals surface area contributed by atoms with Crippen LogP contribution in [0.2, 0.25) is 0 Å². The predicted octanol–water partition coefficient (Wildman–Crippen LogP) is 1.39. The number of carbonyl (C=O) groups excluding carboxylic acids is 1. The Labute approximate surface area is 101 Å². The maximum atomic E-state index is 12.4. The molecule has 1 aliphatic heterocycles. The van der Waals surface area contributed by atoms with Crippen LogP contribution >= 0.6 is 0 Å². The highest BCUT2D eigenvalue weighted by atomic mass is 16.2. The molecule has 2 aliphatic rings. The number of rotatable bonds is 2. The predicted molar refractivity (Wildman–Crippen MR) is 65.8 cm³/mol. The Hall–Kier alpha value is -1.29. The van der Waals surface area contributed by atoms with E-state index >= 15 is 0 Å². The summed E-state index contributed by atoms with van der Waals surface area (Å²) in [5.41, 5.74) is 6.76. The van der Waals surface area contributed by atoms with Crippen LogP contribution in [0.1, 0.15) is 42.2 Å². The number of nitrogens with two attached hydrogens (primary N) is 1. The monoisotopic (exact) mass is 233 g/mol. The number of hydrogen-bond donors (Lipinski definition) is 1. The third-order valence-corrected chi connectivity index (χ3v) is 3.68. The molecule has 4 nitrogen and oxygen atoms in total. The van der Waals surface area contributed by atoms with Gasteiger partial charge in [-0.05, 0) is 37.8 Å². The highest BCUT2D eigenvalue weighted by Crippen LogP contribution is 2.36. The second kappa shape index (κ2) is 4.18. The van der Waals surface area contributed by atoms with Gasteiger partial charge in [0.1, 0.15) is 5.69 Å². The molecule has 17 heavy (non-hydrogen) atoms. The van der Waals surface area contributed by atoms with Gasteiger partial charge in [-0.15, -0.1) is 0 Å². The van der Waals surface area contributed by atoms with Crippen LogP contribution in [-0.4, -0.2) is 34.5 Å². The largest absolute Gasteiger partial charge is 0.340 e. The number of hydrogen-bond acceptors (Lipinski definition) is 2. The molecular formula is C13H19N3O. The van der Waals surface area contributed by atoms with Crippen LogP contribution in [0.3, 0.4) is 0 Å². The SMILES string of the molecule is N[C@@H]1CCCN(C(=O)c2cccn2C2CC2)C1. The second-order valence-corrected chi connectivity index (χ2v) is 5.19. The van der Waals surface area contributed by atoms with Gasteiger partial charge in [-0.2, -0.15) is 0 Å². The fraction of sp³-hybridized carbons (Fsp3) is 0.615. The van der Waals surface area contributed by atoms with Crippen LogP contribution in [0.4, 0.5) is 0 Å². The summed E-state index contributed by atoms with van der Waals surface area (Å²) >= 11 is 0. The Morgan fingerprint density at radius 3 is 2.88 bits per heavy atom. The smallest absolute Gasteiger partial charge is 0.270 e. The molecule has 0 bridgehead atoms. The van der Waals surface area contributed by atoms with Crippen LogP contribution in [-0.2, 0) is 0 Å². The van der Waals surface area contributed by atoms with Gasteiger partial charge in [-0.1, -0.05) is 0 Å². The summed E-state index contributed by atoms with van der Waals surface area (Å²) in [5.74, 6) is 0.150. The molecule has 0 spiro atoms. The normalized spacial score (nSPS) is 25.0. The number of nitrogens with zero attached hydrogens (tertiary/aromatic N) is 2. The first-order valence-corrected chi connectivity index (χ1v) is 6.47. The Morgan fingerprint density at radius 1 is 1.35 bits per heavy atom. The maximum absolute atomic E-state index is 12.4. The summed E-state index contributed by atoms with van der Waals surface area (Å²) in [6.07, 6.45) is 6.49. The Kier molecular flexibility index (Phi) is 2.67. The number of carbonyl (C=O) groups is 1. The lowest BCUT2D eigenvalue weighted by atomic mass is 10.1. The van der Waals surface area contributed by atoms with E-state index in [2.05, 4.69) is 4.57 Å². The van der Waals surface area contributed by atoms with E-state index in [1.54, 1.807) is 0 Å². The Morgan fingerprint density at radius 2 is 2.18 bits per heavy atom. The number of aromatic nitrogens is 1. The minimum atomic E-state index is 0.150. The molecule has 1 atom stereocenters. The van der Waals surface area contributed by atoms with Crippen molar-refractivity contribution in [3.05, 3.63) is 24.0 Å². The molecule has 3 rings (SSSR count). The zero-order valence-corrected chi connectivity index (χ0v) is 10.0. The summed E-state index contributed by atoms with van der Waals surface area (Å²) in [4.78, 5) is 14.3. The van der Waals surface area contributed by atoms with Gasteiger partial charge in [-0.3, -0.25) is 4.79 Å². The third kappa shape index (κ3) is 2.09. The number of piperidine rings is 1. The molecule has 0 unspecified atom stereocenters. The van der Waals surface area contributed by atoms with Crippen molar-refractivity contribution in [1.29, 1.82) is 0 Å². The first-order chi connectivity index (χ1) is 8.25. The molecule has 1 amide bonds. The molecule has 1 aromatic rings. The van der Waals surface area contributed by atoms with E-state index in [9.17, 15) is 4.79 Å². The summed E-state index contributed by atoms with van der Waals surface area (Å²) in [6.45, 7) is 1.55. The van der Waals surface area contributed by atoms with Crippen molar-refractivity contribution in [2.24, 2.45) is 5.73 Å². The molecule has 1 saturated heterocycles. The van der Waals surface area contributed by atoms with Gasteiger partial charge in [0.2, 0.25) is 0 Å². The van der Waals surface area contributed by atoms with Crippen LogP contribution in [0.25, 0.3) is 0 Å². The number of likely N-dealkylation sites (tertiary alicyclic amines) is 1. The van der Waals surface area contributed by atoms with Crippen molar-refractivity contribution in [2.45, 2.75) is 37.8 Å². The maximum Gasteiger partial charge on any atom is 0.270 e.